The first-order valence-electron chi connectivity index (χ1n) is 15.2. The van der Waals surface area contributed by atoms with Crippen LogP contribution in [0.5, 0.6) is 5.75 Å². The van der Waals surface area contributed by atoms with Crippen molar-refractivity contribution in [2.75, 3.05) is 0 Å². The first kappa shape index (κ1) is 42.2. The molecule has 6 heteroatoms. The lowest BCUT2D eigenvalue weighted by Crippen LogP contribution is -2.33. The second-order valence-electron chi connectivity index (χ2n) is 9.09. The van der Waals surface area contributed by atoms with Crippen molar-refractivity contribution in [2.45, 2.75) is 139 Å². The van der Waals surface area contributed by atoms with Crippen LogP contribution in [-0.2, 0) is 17.4 Å². The van der Waals surface area contributed by atoms with Gasteiger partial charge in [0, 0.05) is 6.92 Å². The minimum atomic E-state index is -1.30. The summed E-state index contributed by atoms with van der Waals surface area (Å²) in [5.74, 6) is 1.18. The summed E-state index contributed by atoms with van der Waals surface area (Å²) < 4.78 is 21.2. The number of hydrogen-bond acceptors (Lipinski definition) is 4. The maximum atomic E-state index is 12.5. The molecule has 0 aliphatic carbocycles. The third kappa shape index (κ3) is 23.6. The van der Waals surface area contributed by atoms with Gasteiger partial charge in [-0.25, -0.2) is 8.93 Å². The Balaban J connectivity index is -0.000000888. The van der Waals surface area contributed by atoms with Gasteiger partial charge in [-0.15, -0.1) is 5.10 Å². The molecule has 0 aromatic heterocycles. The Hall–Kier alpha value is -2.31. The van der Waals surface area contributed by atoms with Crippen LogP contribution in [0.4, 0.5) is 0 Å². The van der Waals surface area contributed by atoms with E-state index in [1.165, 1.54) is 37.7 Å². The number of hydrogen-bond donors (Lipinski definition) is 1. The lowest BCUT2D eigenvalue weighted by molar-refractivity contribution is 0.543. The van der Waals surface area contributed by atoms with Crippen LogP contribution in [-0.4, -0.2) is 21.9 Å². The average molecular weight is 576 g/mol. The molecule has 0 saturated carbocycles. The molecule has 2 rings (SSSR count). The average Bonchev–Trinajstić information content (AvgIpc) is 2.97. The van der Waals surface area contributed by atoms with E-state index in [1.807, 2.05) is 83.1 Å². The van der Waals surface area contributed by atoms with Crippen LogP contribution in [0, 0.1) is 6.92 Å². The number of unbranched alkanes of at least 4 members (excludes halogenated alkanes) is 2. The maximum Gasteiger partial charge on any atom is 0.211 e. The fraction of sp³-hybridized carbons (Fsp3) is 0.588. The van der Waals surface area contributed by atoms with Crippen molar-refractivity contribution in [3.8, 4) is 5.75 Å². The molecule has 2 aromatic rings. The van der Waals surface area contributed by atoms with Crippen molar-refractivity contribution in [2.24, 2.45) is 10.2 Å². The largest absolute Gasteiger partial charge is 0.442 e. The molecule has 40 heavy (non-hydrogen) atoms. The normalized spacial score (nSPS) is 12.0. The standard InChI is InChI=1S/C21H27N3O2S.2C4H10.C3H8.C2H6/c1-6-19-10-12-21(13-11-19)27(25)24-17(4)16(3)22-23-18(5)26-20-9-7-8-15(2)14-20;2*1-3-4-2;1-3-2;1-2/h7-14,17,24H,6H2,1-5H3;2*3-4H2,1-2H3;3H2,1-2H3;1-2H3/b22-16+,23-18+;;;;/t17-,27?;;;;/m1..../s1. The number of nitrogens with zero attached hydrogens (tertiary/aromatic N) is 2. The summed E-state index contributed by atoms with van der Waals surface area (Å²) in [7, 11) is -1.30. The topological polar surface area (TPSA) is 63.0 Å². The summed E-state index contributed by atoms with van der Waals surface area (Å²) in [4.78, 5) is 0.745. The Labute approximate surface area is 250 Å². The molecule has 230 valence electrons. The zero-order valence-corrected chi connectivity index (χ0v) is 28.9. The van der Waals surface area contributed by atoms with Gasteiger partial charge in [-0.1, -0.05) is 119 Å². The van der Waals surface area contributed by atoms with E-state index in [9.17, 15) is 4.21 Å². The molecule has 0 aliphatic rings. The van der Waals surface area contributed by atoms with E-state index in [4.69, 9.17) is 4.74 Å². The summed E-state index contributed by atoms with van der Waals surface area (Å²) in [6, 6.07) is 15.3. The number of aryl methyl sites for hydroxylation is 2. The molecule has 0 heterocycles. The third-order valence-electron chi connectivity index (χ3n) is 5.06. The van der Waals surface area contributed by atoms with Gasteiger partial charge in [-0.2, -0.15) is 5.10 Å². The summed E-state index contributed by atoms with van der Waals surface area (Å²) in [5, 5.41) is 8.32. The Kier molecular flexibility index (Phi) is 31.3. The van der Waals surface area contributed by atoms with Crippen LogP contribution in [0.25, 0.3) is 0 Å². The van der Waals surface area contributed by atoms with Gasteiger partial charge in [0.15, 0.2) is 0 Å². The maximum absolute atomic E-state index is 12.5. The monoisotopic (exact) mass is 575 g/mol. The lowest BCUT2D eigenvalue weighted by atomic mass is 10.2. The van der Waals surface area contributed by atoms with Gasteiger partial charge in [-0.05, 0) is 62.6 Å². The van der Waals surface area contributed by atoms with Gasteiger partial charge >= 0.3 is 0 Å². The van der Waals surface area contributed by atoms with Crippen molar-refractivity contribution in [3.05, 3.63) is 59.7 Å². The van der Waals surface area contributed by atoms with Crippen molar-refractivity contribution < 1.29 is 8.95 Å². The minimum absolute atomic E-state index is 0.188. The summed E-state index contributed by atoms with van der Waals surface area (Å²) in [6.45, 7) is 26.6. The molecule has 2 aromatic carbocycles. The Bertz CT molecular complexity index is 917. The number of nitrogens with one attached hydrogen (secondary N) is 1. The number of benzene rings is 2. The molecule has 0 aliphatic heterocycles. The molecular formula is C34H61N3O2S. The zero-order chi connectivity index (χ0) is 31.3. The van der Waals surface area contributed by atoms with Gasteiger partial charge in [0.1, 0.15) is 16.7 Å². The Morgan fingerprint density at radius 2 is 1.35 bits per heavy atom. The highest BCUT2D eigenvalue weighted by atomic mass is 32.2. The van der Waals surface area contributed by atoms with Crippen molar-refractivity contribution >= 4 is 22.6 Å². The van der Waals surface area contributed by atoms with Crippen LogP contribution >= 0.6 is 0 Å². The molecule has 0 radical (unpaired) electrons. The number of rotatable bonds is 9. The number of ether oxygens (including phenoxy) is 1. The van der Waals surface area contributed by atoms with Crippen LogP contribution in [0.2, 0.25) is 0 Å². The predicted octanol–water partition coefficient (Wildman–Crippen LogP) is 10.5. The second kappa shape index (κ2) is 29.7. The highest BCUT2D eigenvalue weighted by molar-refractivity contribution is 7.83. The van der Waals surface area contributed by atoms with E-state index in [2.05, 4.69) is 63.4 Å². The van der Waals surface area contributed by atoms with Gasteiger partial charge in [0.2, 0.25) is 5.90 Å². The predicted molar refractivity (Wildman–Crippen MR) is 181 cm³/mol. The fourth-order valence-electron chi connectivity index (χ4n) is 2.27. The fourth-order valence-corrected chi connectivity index (χ4v) is 3.28. The van der Waals surface area contributed by atoms with E-state index in [1.54, 1.807) is 6.92 Å². The molecule has 0 amide bonds. The molecule has 2 atom stereocenters. The molecule has 1 N–H and O–H groups in total. The van der Waals surface area contributed by atoms with E-state index >= 15 is 0 Å². The first-order chi connectivity index (χ1) is 19.1. The van der Waals surface area contributed by atoms with Crippen LogP contribution in [0.3, 0.4) is 0 Å². The van der Waals surface area contributed by atoms with E-state index < -0.39 is 11.0 Å². The second-order valence-corrected chi connectivity index (χ2v) is 10.3. The molecular weight excluding hydrogens is 514 g/mol. The molecule has 0 bridgehead atoms. The smallest absolute Gasteiger partial charge is 0.211 e. The SMILES string of the molecule is CC.CCC.CCCC.CCCC.CCc1ccc(S(=O)N[C@H](C)/C(C)=N/N=C(\C)Oc2cccc(C)c2)cc1. The van der Waals surface area contributed by atoms with E-state index in [-0.39, 0.29) is 6.04 Å². The lowest BCUT2D eigenvalue weighted by Gasteiger charge is -2.12. The molecule has 0 saturated heterocycles. The highest BCUT2D eigenvalue weighted by Crippen LogP contribution is 2.13. The summed E-state index contributed by atoms with van der Waals surface area (Å²) >= 11 is 0. The van der Waals surface area contributed by atoms with Crippen LogP contribution in [0.1, 0.15) is 126 Å². The summed E-state index contributed by atoms with van der Waals surface area (Å²) in [6.07, 6.45) is 7.49. The quantitative estimate of drug-likeness (QED) is 0.184. The van der Waals surface area contributed by atoms with Gasteiger partial charge < -0.3 is 4.74 Å². The minimum Gasteiger partial charge on any atom is -0.442 e. The van der Waals surface area contributed by atoms with Crippen molar-refractivity contribution in [3.63, 3.8) is 0 Å². The highest BCUT2D eigenvalue weighted by Gasteiger charge is 2.11. The third-order valence-corrected chi connectivity index (χ3v) is 6.33. The van der Waals surface area contributed by atoms with Crippen LogP contribution < -0.4 is 9.46 Å². The van der Waals surface area contributed by atoms with Crippen molar-refractivity contribution in [1.29, 1.82) is 0 Å². The van der Waals surface area contributed by atoms with E-state index in [0.29, 0.717) is 5.90 Å². The van der Waals surface area contributed by atoms with Gasteiger partial charge in [0.25, 0.3) is 0 Å². The van der Waals surface area contributed by atoms with Crippen LogP contribution in [0.15, 0.2) is 63.6 Å². The Morgan fingerprint density at radius 1 is 0.850 bits per heavy atom. The Morgan fingerprint density at radius 3 is 1.77 bits per heavy atom. The molecule has 5 nitrogen and oxygen atoms in total. The summed E-state index contributed by atoms with van der Waals surface area (Å²) in [5.41, 5.74) is 3.06. The van der Waals surface area contributed by atoms with Gasteiger partial charge in [-0.3, -0.25) is 0 Å². The molecule has 0 spiro atoms. The molecule has 0 fully saturated rings. The first-order valence-corrected chi connectivity index (χ1v) is 16.4. The van der Waals surface area contributed by atoms with Crippen molar-refractivity contribution in [1.82, 2.24) is 4.72 Å². The zero-order valence-electron chi connectivity index (χ0n) is 28.1. The molecule has 1 unspecified atom stereocenters. The van der Waals surface area contributed by atoms with E-state index in [0.717, 1.165) is 28.3 Å². The van der Waals surface area contributed by atoms with Gasteiger partial charge in [0.05, 0.1) is 16.6 Å².